The second kappa shape index (κ2) is 8.16. The third-order valence-corrected chi connectivity index (χ3v) is 5.48. The molecule has 2 N–H and O–H groups in total. The average molecular weight is 388 g/mol. The number of carbonyl (C=O) groups is 3. The van der Waals surface area contributed by atoms with Crippen molar-refractivity contribution in [2.75, 3.05) is 6.54 Å². The lowest BCUT2D eigenvalue weighted by Crippen LogP contribution is -2.54. The maximum absolute atomic E-state index is 12.9. The highest BCUT2D eigenvalue weighted by molar-refractivity contribution is 6.09. The van der Waals surface area contributed by atoms with Gasteiger partial charge in [-0.25, -0.2) is 9.78 Å². The van der Waals surface area contributed by atoms with E-state index in [1.807, 2.05) is 26.8 Å². The average Bonchev–Trinajstić information content (AvgIpc) is 2.88. The summed E-state index contributed by atoms with van der Waals surface area (Å²) in [7, 11) is 0. The minimum Gasteiger partial charge on any atom is -0.475 e. The molecule has 152 valence electrons. The number of hydrogen-bond donors (Lipinski definition) is 2. The molecule has 4 amide bonds. The summed E-state index contributed by atoms with van der Waals surface area (Å²) < 4.78 is 5.64. The third-order valence-electron chi connectivity index (χ3n) is 5.48. The van der Waals surface area contributed by atoms with Gasteiger partial charge in [0, 0.05) is 18.3 Å². The van der Waals surface area contributed by atoms with Crippen molar-refractivity contribution in [1.29, 1.82) is 0 Å². The predicted molar refractivity (Wildman–Crippen MR) is 102 cm³/mol. The SMILES string of the molecule is CC(C)Oc1ncccc1CNC(=O)CN1C(=O)NC2(CCCCC2C)C1=O. The van der Waals surface area contributed by atoms with Crippen LogP contribution in [0.4, 0.5) is 4.79 Å². The molecule has 0 radical (unpaired) electrons. The van der Waals surface area contributed by atoms with E-state index in [1.54, 1.807) is 12.3 Å². The van der Waals surface area contributed by atoms with Gasteiger partial charge in [-0.15, -0.1) is 0 Å². The first-order valence-corrected chi connectivity index (χ1v) is 9.85. The fraction of sp³-hybridized carbons (Fsp3) is 0.600. The van der Waals surface area contributed by atoms with Crippen LogP contribution in [0.2, 0.25) is 0 Å². The van der Waals surface area contributed by atoms with E-state index in [4.69, 9.17) is 4.74 Å². The van der Waals surface area contributed by atoms with Gasteiger partial charge in [0.2, 0.25) is 11.8 Å². The Balaban J connectivity index is 1.61. The van der Waals surface area contributed by atoms with Crippen LogP contribution in [0.25, 0.3) is 0 Å². The number of urea groups is 1. The Morgan fingerprint density at radius 3 is 2.93 bits per heavy atom. The highest BCUT2D eigenvalue weighted by atomic mass is 16.5. The summed E-state index contributed by atoms with van der Waals surface area (Å²) in [5.41, 5.74) is -0.115. The van der Waals surface area contributed by atoms with Gasteiger partial charge in [0.1, 0.15) is 12.1 Å². The predicted octanol–water partition coefficient (Wildman–Crippen LogP) is 1.99. The maximum Gasteiger partial charge on any atom is 0.325 e. The Hall–Kier alpha value is -2.64. The monoisotopic (exact) mass is 388 g/mol. The van der Waals surface area contributed by atoms with Crippen LogP contribution in [-0.4, -0.2) is 45.9 Å². The summed E-state index contributed by atoms with van der Waals surface area (Å²) in [4.78, 5) is 42.9. The molecule has 0 bridgehead atoms. The molecule has 2 aliphatic rings. The van der Waals surface area contributed by atoms with Gasteiger partial charge in [-0.2, -0.15) is 0 Å². The van der Waals surface area contributed by atoms with E-state index < -0.39 is 17.5 Å². The first-order valence-electron chi connectivity index (χ1n) is 9.85. The molecular weight excluding hydrogens is 360 g/mol. The molecule has 2 heterocycles. The summed E-state index contributed by atoms with van der Waals surface area (Å²) in [5.74, 6) is -0.159. The zero-order valence-electron chi connectivity index (χ0n) is 16.7. The number of nitrogens with zero attached hydrogens (tertiary/aromatic N) is 2. The number of nitrogens with one attached hydrogen (secondary N) is 2. The number of pyridine rings is 1. The number of amides is 4. The first kappa shape index (κ1) is 20.1. The van der Waals surface area contributed by atoms with Crippen LogP contribution >= 0.6 is 0 Å². The van der Waals surface area contributed by atoms with Gasteiger partial charge in [0.15, 0.2) is 0 Å². The molecule has 2 atom stereocenters. The summed E-state index contributed by atoms with van der Waals surface area (Å²) >= 11 is 0. The second-order valence-electron chi connectivity index (χ2n) is 7.85. The van der Waals surface area contributed by atoms with E-state index >= 15 is 0 Å². The fourth-order valence-corrected chi connectivity index (χ4v) is 3.92. The minimum absolute atomic E-state index is 0.0380. The molecule has 1 saturated heterocycles. The normalized spacial score (nSPS) is 24.6. The fourth-order valence-electron chi connectivity index (χ4n) is 3.92. The minimum atomic E-state index is -0.850. The van der Waals surface area contributed by atoms with Crippen molar-refractivity contribution < 1.29 is 19.1 Å². The Bertz CT molecular complexity index is 766. The molecule has 28 heavy (non-hydrogen) atoms. The van der Waals surface area contributed by atoms with Crippen molar-refractivity contribution >= 4 is 17.8 Å². The lowest BCUT2D eigenvalue weighted by Gasteiger charge is -2.36. The molecule has 3 rings (SSSR count). The Morgan fingerprint density at radius 1 is 1.43 bits per heavy atom. The van der Waals surface area contributed by atoms with Crippen molar-refractivity contribution in [1.82, 2.24) is 20.5 Å². The maximum atomic E-state index is 12.9. The van der Waals surface area contributed by atoms with Crippen LogP contribution in [0, 0.1) is 5.92 Å². The number of aromatic nitrogens is 1. The van der Waals surface area contributed by atoms with Gasteiger partial charge in [0.25, 0.3) is 5.91 Å². The van der Waals surface area contributed by atoms with Crippen LogP contribution in [-0.2, 0) is 16.1 Å². The smallest absolute Gasteiger partial charge is 0.325 e. The van der Waals surface area contributed by atoms with Gasteiger partial charge in [-0.3, -0.25) is 14.5 Å². The topological polar surface area (TPSA) is 101 Å². The van der Waals surface area contributed by atoms with Crippen LogP contribution in [0.3, 0.4) is 0 Å². The number of carbonyl (C=O) groups excluding carboxylic acids is 3. The Labute approximate surface area is 165 Å². The highest BCUT2D eigenvalue weighted by Gasteiger charge is 2.55. The molecule has 2 fully saturated rings. The summed E-state index contributed by atoms with van der Waals surface area (Å²) in [6.07, 6.45) is 5.06. The molecule has 1 aliphatic carbocycles. The lowest BCUT2D eigenvalue weighted by atomic mass is 9.73. The van der Waals surface area contributed by atoms with E-state index in [9.17, 15) is 14.4 Å². The Morgan fingerprint density at radius 2 is 2.21 bits per heavy atom. The molecule has 2 unspecified atom stereocenters. The standard InChI is InChI=1S/C20H28N4O4/c1-13(2)28-17-15(8-6-10-21-17)11-22-16(25)12-24-18(26)20(23-19(24)27)9-5-4-7-14(20)3/h6,8,10,13-14H,4-5,7,9,11-12H2,1-3H3,(H,22,25)(H,23,27). The highest BCUT2D eigenvalue weighted by Crippen LogP contribution is 2.38. The molecule has 8 heteroatoms. The van der Waals surface area contributed by atoms with Crippen molar-refractivity contribution in [3.8, 4) is 5.88 Å². The van der Waals surface area contributed by atoms with E-state index in [0.717, 1.165) is 29.7 Å². The van der Waals surface area contributed by atoms with Crippen molar-refractivity contribution in [2.45, 2.75) is 64.6 Å². The first-order chi connectivity index (χ1) is 13.3. The molecule has 1 aliphatic heterocycles. The molecular formula is C20H28N4O4. The van der Waals surface area contributed by atoms with Gasteiger partial charge in [-0.05, 0) is 38.7 Å². The second-order valence-corrected chi connectivity index (χ2v) is 7.85. The van der Waals surface area contributed by atoms with Gasteiger partial charge in [-0.1, -0.05) is 25.8 Å². The number of hydrogen-bond acceptors (Lipinski definition) is 5. The Kier molecular flexibility index (Phi) is 5.86. The largest absolute Gasteiger partial charge is 0.475 e. The molecule has 8 nitrogen and oxygen atoms in total. The summed E-state index contributed by atoms with van der Waals surface area (Å²) in [6.45, 7) is 5.70. The molecule has 1 spiro atoms. The summed E-state index contributed by atoms with van der Waals surface area (Å²) in [6, 6.07) is 3.09. The number of imide groups is 1. The van der Waals surface area contributed by atoms with Gasteiger partial charge >= 0.3 is 6.03 Å². The zero-order chi connectivity index (χ0) is 20.3. The molecule has 0 aromatic carbocycles. The van der Waals surface area contributed by atoms with Crippen LogP contribution in [0.5, 0.6) is 5.88 Å². The molecule has 1 aromatic rings. The van der Waals surface area contributed by atoms with Crippen LogP contribution < -0.4 is 15.4 Å². The number of ether oxygens (including phenoxy) is 1. The van der Waals surface area contributed by atoms with Crippen LogP contribution in [0.15, 0.2) is 18.3 Å². The summed E-state index contributed by atoms with van der Waals surface area (Å²) in [5, 5.41) is 5.61. The zero-order valence-corrected chi connectivity index (χ0v) is 16.7. The molecule has 1 saturated carbocycles. The van der Waals surface area contributed by atoms with Gasteiger partial charge in [0.05, 0.1) is 6.10 Å². The molecule has 1 aromatic heterocycles. The van der Waals surface area contributed by atoms with Crippen LogP contribution in [0.1, 0.15) is 52.0 Å². The van der Waals surface area contributed by atoms with Gasteiger partial charge < -0.3 is 15.4 Å². The van der Waals surface area contributed by atoms with Crippen molar-refractivity contribution in [3.05, 3.63) is 23.9 Å². The van der Waals surface area contributed by atoms with E-state index in [2.05, 4.69) is 15.6 Å². The van der Waals surface area contributed by atoms with E-state index in [-0.39, 0.29) is 31.0 Å². The quantitative estimate of drug-likeness (QED) is 0.726. The van der Waals surface area contributed by atoms with Crippen molar-refractivity contribution in [2.24, 2.45) is 5.92 Å². The van der Waals surface area contributed by atoms with E-state index in [1.165, 1.54) is 0 Å². The number of rotatable bonds is 6. The van der Waals surface area contributed by atoms with E-state index in [0.29, 0.717) is 12.3 Å². The third kappa shape index (κ3) is 3.95. The van der Waals surface area contributed by atoms with Crippen molar-refractivity contribution in [3.63, 3.8) is 0 Å². The lowest BCUT2D eigenvalue weighted by molar-refractivity contribution is -0.137.